The highest BCUT2D eigenvalue weighted by molar-refractivity contribution is 8.24. The standard InChI is InChI=1S/C19H26N2O2S2/c1-4-16-18(23)21(19(24)25-16)12-7-5-6-11-17(22)20-15-10-8-9-13(2)14(15)3/h8-10,16H,4-7,11-12H2,1-3H3,(H,20,22). The first-order valence-corrected chi connectivity index (χ1v) is 10.1. The van der Waals surface area contributed by atoms with E-state index in [-0.39, 0.29) is 17.1 Å². The fraction of sp³-hybridized carbons (Fsp3) is 0.526. The Hall–Kier alpha value is -1.40. The Morgan fingerprint density at radius 2 is 2.04 bits per heavy atom. The van der Waals surface area contributed by atoms with Crippen molar-refractivity contribution >= 4 is 45.8 Å². The maximum absolute atomic E-state index is 12.1. The Labute approximate surface area is 159 Å². The molecule has 1 atom stereocenters. The number of aryl methyl sites for hydroxylation is 1. The predicted octanol–water partition coefficient (Wildman–Crippen LogP) is 4.44. The van der Waals surface area contributed by atoms with Crippen LogP contribution in [0.2, 0.25) is 0 Å². The van der Waals surface area contributed by atoms with Crippen LogP contribution < -0.4 is 5.32 Å². The number of thioether (sulfide) groups is 1. The number of amides is 2. The predicted molar refractivity (Wildman–Crippen MR) is 109 cm³/mol. The van der Waals surface area contributed by atoms with E-state index in [1.165, 1.54) is 17.3 Å². The lowest BCUT2D eigenvalue weighted by Crippen LogP contribution is -2.32. The van der Waals surface area contributed by atoms with E-state index in [2.05, 4.69) is 5.32 Å². The van der Waals surface area contributed by atoms with Gasteiger partial charge in [-0.25, -0.2) is 0 Å². The van der Waals surface area contributed by atoms with Gasteiger partial charge in [0.2, 0.25) is 11.8 Å². The van der Waals surface area contributed by atoms with Crippen molar-refractivity contribution in [1.82, 2.24) is 4.90 Å². The van der Waals surface area contributed by atoms with Gasteiger partial charge in [-0.3, -0.25) is 14.5 Å². The highest BCUT2D eigenvalue weighted by atomic mass is 32.2. The van der Waals surface area contributed by atoms with Crippen molar-refractivity contribution in [2.45, 2.75) is 58.1 Å². The Kier molecular flexibility index (Phi) is 7.44. The molecule has 4 nitrogen and oxygen atoms in total. The zero-order valence-electron chi connectivity index (χ0n) is 15.1. The maximum Gasteiger partial charge on any atom is 0.241 e. The first kappa shape index (κ1) is 19.9. The molecule has 0 radical (unpaired) electrons. The SMILES string of the molecule is CCC1SC(=S)N(CCCCCC(=O)Nc2cccc(C)c2C)C1=O. The van der Waals surface area contributed by atoms with Crippen LogP contribution in [0.15, 0.2) is 18.2 Å². The van der Waals surface area contributed by atoms with Gasteiger partial charge in [0.15, 0.2) is 0 Å². The summed E-state index contributed by atoms with van der Waals surface area (Å²) in [6, 6.07) is 5.92. The number of hydrogen-bond donors (Lipinski definition) is 1. The fourth-order valence-corrected chi connectivity index (χ4v) is 4.27. The van der Waals surface area contributed by atoms with Crippen LogP contribution in [-0.4, -0.2) is 32.8 Å². The van der Waals surface area contributed by atoms with E-state index < -0.39 is 0 Å². The summed E-state index contributed by atoms with van der Waals surface area (Å²) in [6.07, 6.45) is 3.92. The molecule has 136 valence electrons. The van der Waals surface area contributed by atoms with Gasteiger partial charge in [0.1, 0.15) is 4.32 Å². The van der Waals surface area contributed by atoms with Gasteiger partial charge in [0.05, 0.1) is 5.25 Å². The molecule has 25 heavy (non-hydrogen) atoms. The summed E-state index contributed by atoms with van der Waals surface area (Å²) < 4.78 is 0.699. The molecule has 1 aliphatic heterocycles. The minimum absolute atomic E-state index is 0.00385. The van der Waals surface area contributed by atoms with E-state index in [9.17, 15) is 9.59 Å². The highest BCUT2D eigenvalue weighted by Gasteiger charge is 2.34. The van der Waals surface area contributed by atoms with Gasteiger partial charge in [-0.05, 0) is 50.3 Å². The van der Waals surface area contributed by atoms with Crippen molar-refractivity contribution in [2.75, 3.05) is 11.9 Å². The number of thiocarbonyl (C=S) groups is 1. The third kappa shape index (κ3) is 5.28. The van der Waals surface area contributed by atoms with Gasteiger partial charge >= 0.3 is 0 Å². The van der Waals surface area contributed by atoms with Gasteiger partial charge in [-0.2, -0.15) is 0 Å². The van der Waals surface area contributed by atoms with Gasteiger partial charge < -0.3 is 5.32 Å². The van der Waals surface area contributed by atoms with E-state index in [1.54, 1.807) is 4.90 Å². The smallest absolute Gasteiger partial charge is 0.241 e. The average Bonchev–Trinajstić information content (AvgIpc) is 2.86. The number of unbranched alkanes of at least 4 members (excludes halogenated alkanes) is 2. The molecule has 1 aromatic carbocycles. The quantitative estimate of drug-likeness (QED) is 0.537. The normalized spacial score (nSPS) is 17.2. The molecule has 0 spiro atoms. The van der Waals surface area contributed by atoms with Crippen molar-refractivity contribution in [1.29, 1.82) is 0 Å². The lowest BCUT2D eigenvalue weighted by molar-refractivity contribution is -0.126. The van der Waals surface area contributed by atoms with E-state index in [0.717, 1.165) is 36.9 Å². The summed E-state index contributed by atoms with van der Waals surface area (Å²) in [5.74, 6) is 0.188. The Morgan fingerprint density at radius 3 is 2.72 bits per heavy atom. The second-order valence-electron chi connectivity index (χ2n) is 6.38. The first-order chi connectivity index (χ1) is 11.9. The first-order valence-electron chi connectivity index (χ1n) is 8.82. The van der Waals surface area contributed by atoms with Crippen molar-refractivity contribution in [3.63, 3.8) is 0 Å². The van der Waals surface area contributed by atoms with Crippen LogP contribution in [0, 0.1) is 13.8 Å². The number of carbonyl (C=O) groups is 2. The third-order valence-corrected chi connectivity index (χ3v) is 6.29. The second kappa shape index (κ2) is 9.34. The number of nitrogens with zero attached hydrogens (tertiary/aromatic N) is 1. The number of rotatable bonds is 8. The van der Waals surface area contributed by atoms with Crippen LogP contribution in [0.4, 0.5) is 5.69 Å². The van der Waals surface area contributed by atoms with Crippen LogP contribution in [0.1, 0.15) is 50.2 Å². The number of nitrogens with one attached hydrogen (secondary N) is 1. The van der Waals surface area contributed by atoms with E-state index in [4.69, 9.17) is 12.2 Å². The van der Waals surface area contributed by atoms with Gasteiger partial charge in [-0.1, -0.05) is 49.5 Å². The van der Waals surface area contributed by atoms with Gasteiger partial charge in [0.25, 0.3) is 0 Å². The van der Waals surface area contributed by atoms with Crippen LogP contribution in [-0.2, 0) is 9.59 Å². The Balaban J connectivity index is 1.68. The maximum atomic E-state index is 12.1. The molecule has 1 saturated heterocycles. The molecule has 1 aliphatic rings. The van der Waals surface area contributed by atoms with Crippen molar-refractivity contribution in [3.05, 3.63) is 29.3 Å². The average molecular weight is 379 g/mol. The Morgan fingerprint density at radius 1 is 1.28 bits per heavy atom. The van der Waals surface area contributed by atoms with Crippen LogP contribution >= 0.6 is 24.0 Å². The molecular weight excluding hydrogens is 352 g/mol. The monoisotopic (exact) mass is 378 g/mol. The number of carbonyl (C=O) groups excluding carboxylic acids is 2. The molecule has 2 rings (SSSR count). The van der Waals surface area contributed by atoms with Crippen molar-refractivity contribution in [3.8, 4) is 0 Å². The molecular formula is C19H26N2O2S2. The number of benzene rings is 1. The zero-order valence-corrected chi connectivity index (χ0v) is 16.8. The molecule has 1 N–H and O–H groups in total. The molecule has 0 saturated carbocycles. The molecule has 2 amide bonds. The summed E-state index contributed by atoms with van der Waals surface area (Å²) in [7, 11) is 0. The van der Waals surface area contributed by atoms with Crippen LogP contribution in [0.3, 0.4) is 0 Å². The summed E-state index contributed by atoms with van der Waals surface area (Å²) in [4.78, 5) is 25.9. The topological polar surface area (TPSA) is 49.4 Å². The van der Waals surface area contributed by atoms with E-state index in [1.807, 2.05) is 39.0 Å². The second-order valence-corrected chi connectivity index (χ2v) is 8.21. The molecule has 0 aromatic heterocycles. The third-order valence-electron chi connectivity index (χ3n) is 4.54. The minimum atomic E-state index is -0.00385. The summed E-state index contributed by atoms with van der Waals surface area (Å²) in [5, 5.41) is 2.98. The molecule has 0 aliphatic carbocycles. The van der Waals surface area contributed by atoms with Crippen LogP contribution in [0.25, 0.3) is 0 Å². The minimum Gasteiger partial charge on any atom is -0.326 e. The molecule has 1 heterocycles. The van der Waals surface area contributed by atoms with Gasteiger partial charge in [0, 0.05) is 18.7 Å². The summed E-state index contributed by atoms with van der Waals surface area (Å²) in [6.45, 7) is 6.73. The molecule has 1 unspecified atom stereocenters. The van der Waals surface area contributed by atoms with Crippen molar-refractivity contribution in [2.24, 2.45) is 0 Å². The Bertz CT molecular complexity index is 661. The van der Waals surface area contributed by atoms with Crippen LogP contribution in [0.5, 0.6) is 0 Å². The van der Waals surface area contributed by atoms with E-state index in [0.29, 0.717) is 17.3 Å². The van der Waals surface area contributed by atoms with Crippen molar-refractivity contribution < 1.29 is 9.59 Å². The fourth-order valence-electron chi connectivity index (χ4n) is 2.79. The molecule has 6 heteroatoms. The van der Waals surface area contributed by atoms with Gasteiger partial charge in [-0.15, -0.1) is 0 Å². The zero-order chi connectivity index (χ0) is 18.4. The molecule has 0 bridgehead atoms. The summed E-state index contributed by atoms with van der Waals surface area (Å²) >= 11 is 6.78. The summed E-state index contributed by atoms with van der Waals surface area (Å²) in [5.41, 5.74) is 3.17. The van der Waals surface area contributed by atoms with E-state index >= 15 is 0 Å². The lowest BCUT2D eigenvalue weighted by atomic mass is 10.1. The number of anilines is 1. The molecule has 1 fully saturated rings. The largest absolute Gasteiger partial charge is 0.326 e. The molecule has 1 aromatic rings. The number of hydrogen-bond acceptors (Lipinski definition) is 4. The lowest BCUT2D eigenvalue weighted by Gasteiger charge is -2.15. The highest BCUT2D eigenvalue weighted by Crippen LogP contribution is 2.29.